The molecule has 0 aromatic heterocycles. The topological polar surface area (TPSA) is 12.0 Å². The lowest BCUT2D eigenvalue weighted by Gasteiger charge is -2.08. The smallest absolute Gasteiger partial charge is 0.127 e. The van der Waals surface area contributed by atoms with Crippen molar-refractivity contribution in [3.63, 3.8) is 0 Å². The Balaban J connectivity index is 2.22. The number of rotatable bonds is 5. The summed E-state index contributed by atoms with van der Waals surface area (Å²) in [6.07, 6.45) is 1.05. The molecule has 2 heteroatoms. The second-order valence-electron chi connectivity index (χ2n) is 4.85. The van der Waals surface area contributed by atoms with E-state index < -0.39 is 0 Å². The molecule has 0 atom stereocenters. The molecule has 2 aromatic carbocycles. The van der Waals surface area contributed by atoms with Crippen LogP contribution in [0.3, 0.4) is 0 Å². The van der Waals surface area contributed by atoms with E-state index in [0.29, 0.717) is 6.54 Å². The molecule has 1 N–H and O–H groups in total. The summed E-state index contributed by atoms with van der Waals surface area (Å²) in [6.45, 7) is 5.66. The van der Waals surface area contributed by atoms with Gasteiger partial charge in [-0.3, -0.25) is 0 Å². The van der Waals surface area contributed by atoms with E-state index in [1.807, 2.05) is 12.1 Å². The zero-order valence-electron chi connectivity index (χ0n) is 11.5. The van der Waals surface area contributed by atoms with Crippen LogP contribution in [0.4, 0.5) is 4.39 Å². The molecule has 2 rings (SSSR count). The van der Waals surface area contributed by atoms with Gasteiger partial charge >= 0.3 is 0 Å². The summed E-state index contributed by atoms with van der Waals surface area (Å²) < 4.78 is 13.7. The molecule has 0 aliphatic carbocycles. The Hall–Kier alpha value is -1.67. The molecule has 0 radical (unpaired) electrons. The first-order chi connectivity index (χ1) is 9.20. The minimum absolute atomic E-state index is 0.139. The minimum atomic E-state index is -0.139. The highest BCUT2D eigenvalue weighted by Crippen LogP contribution is 2.22. The Bertz CT molecular complexity index is 531. The van der Waals surface area contributed by atoms with E-state index in [4.69, 9.17) is 0 Å². The van der Waals surface area contributed by atoms with Crippen LogP contribution >= 0.6 is 0 Å². The third-order valence-corrected chi connectivity index (χ3v) is 3.17. The van der Waals surface area contributed by atoms with Gasteiger partial charge in [0.2, 0.25) is 0 Å². The van der Waals surface area contributed by atoms with Crippen LogP contribution in [0.5, 0.6) is 0 Å². The van der Waals surface area contributed by atoms with Gasteiger partial charge in [0.25, 0.3) is 0 Å². The first-order valence-corrected chi connectivity index (χ1v) is 6.77. The summed E-state index contributed by atoms with van der Waals surface area (Å²) in [5.74, 6) is -0.139. The molecule has 100 valence electrons. The van der Waals surface area contributed by atoms with Crippen LogP contribution in [0.15, 0.2) is 42.5 Å². The molecule has 2 aromatic rings. The quantitative estimate of drug-likeness (QED) is 0.787. The number of hydrogen-bond acceptors (Lipinski definition) is 1. The molecule has 0 saturated carbocycles. The molecule has 1 nitrogen and oxygen atoms in total. The van der Waals surface area contributed by atoms with Crippen molar-refractivity contribution in [3.05, 3.63) is 59.4 Å². The molecule has 0 spiro atoms. The van der Waals surface area contributed by atoms with Crippen molar-refractivity contribution in [2.24, 2.45) is 0 Å². The van der Waals surface area contributed by atoms with Crippen LogP contribution in [0.25, 0.3) is 11.1 Å². The Labute approximate surface area is 114 Å². The summed E-state index contributed by atoms with van der Waals surface area (Å²) in [7, 11) is 0. The fraction of sp³-hybridized carbons (Fsp3) is 0.294. The van der Waals surface area contributed by atoms with Gasteiger partial charge in [0.15, 0.2) is 0 Å². The van der Waals surface area contributed by atoms with Crippen LogP contribution in [-0.4, -0.2) is 6.54 Å². The normalized spacial score (nSPS) is 10.7. The van der Waals surface area contributed by atoms with Crippen LogP contribution in [0, 0.1) is 12.7 Å². The van der Waals surface area contributed by atoms with Crippen LogP contribution in [-0.2, 0) is 6.54 Å². The lowest BCUT2D eigenvalue weighted by molar-refractivity contribution is 0.587. The number of benzene rings is 2. The van der Waals surface area contributed by atoms with E-state index in [1.54, 1.807) is 6.07 Å². The average Bonchev–Trinajstić information content (AvgIpc) is 2.42. The summed E-state index contributed by atoms with van der Waals surface area (Å²) in [4.78, 5) is 0. The second kappa shape index (κ2) is 6.48. The number of nitrogens with one attached hydrogen (secondary N) is 1. The highest BCUT2D eigenvalue weighted by molar-refractivity contribution is 5.64. The summed E-state index contributed by atoms with van der Waals surface area (Å²) >= 11 is 0. The molecule has 0 bridgehead atoms. The van der Waals surface area contributed by atoms with Gasteiger partial charge in [0, 0.05) is 12.1 Å². The summed E-state index contributed by atoms with van der Waals surface area (Å²) in [6, 6.07) is 13.6. The monoisotopic (exact) mass is 257 g/mol. The van der Waals surface area contributed by atoms with Crippen molar-refractivity contribution in [1.29, 1.82) is 0 Å². The predicted molar refractivity (Wildman–Crippen MR) is 78.6 cm³/mol. The van der Waals surface area contributed by atoms with E-state index in [2.05, 4.69) is 43.4 Å². The van der Waals surface area contributed by atoms with Crippen LogP contribution in [0.1, 0.15) is 24.5 Å². The molecule has 0 amide bonds. The largest absolute Gasteiger partial charge is 0.313 e. The Morgan fingerprint density at radius 3 is 2.37 bits per heavy atom. The van der Waals surface area contributed by atoms with Gasteiger partial charge in [-0.1, -0.05) is 42.8 Å². The molecule has 0 saturated heterocycles. The molecule has 0 aliphatic heterocycles. The molecule has 19 heavy (non-hydrogen) atoms. The average molecular weight is 257 g/mol. The lowest BCUT2D eigenvalue weighted by Crippen LogP contribution is -2.14. The fourth-order valence-corrected chi connectivity index (χ4v) is 2.04. The van der Waals surface area contributed by atoms with Gasteiger partial charge in [-0.2, -0.15) is 0 Å². The highest BCUT2D eigenvalue weighted by atomic mass is 19.1. The zero-order valence-corrected chi connectivity index (χ0v) is 11.5. The van der Waals surface area contributed by atoms with Gasteiger partial charge in [-0.25, -0.2) is 4.39 Å². The van der Waals surface area contributed by atoms with E-state index in [1.165, 1.54) is 5.56 Å². The Morgan fingerprint density at radius 2 is 1.68 bits per heavy atom. The molecule has 0 unspecified atom stereocenters. The van der Waals surface area contributed by atoms with Crippen LogP contribution < -0.4 is 5.32 Å². The first kappa shape index (κ1) is 13.8. The minimum Gasteiger partial charge on any atom is -0.313 e. The van der Waals surface area contributed by atoms with Crippen molar-refractivity contribution in [2.75, 3.05) is 6.54 Å². The Kier molecular flexibility index (Phi) is 4.69. The highest BCUT2D eigenvalue weighted by Gasteiger charge is 2.05. The van der Waals surface area contributed by atoms with Gasteiger partial charge in [0.05, 0.1) is 0 Å². The molecule has 0 aliphatic rings. The molecular weight excluding hydrogens is 237 g/mol. The van der Waals surface area contributed by atoms with E-state index in [-0.39, 0.29) is 5.82 Å². The third kappa shape index (κ3) is 3.65. The van der Waals surface area contributed by atoms with E-state index in [0.717, 1.165) is 29.7 Å². The van der Waals surface area contributed by atoms with Gasteiger partial charge in [0.1, 0.15) is 5.82 Å². The van der Waals surface area contributed by atoms with Crippen molar-refractivity contribution >= 4 is 0 Å². The third-order valence-electron chi connectivity index (χ3n) is 3.17. The lowest BCUT2D eigenvalue weighted by atomic mass is 10.0. The van der Waals surface area contributed by atoms with Gasteiger partial charge in [-0.15, -0.1) is 0 Å². The summed E-state index contributed by atoms with van der Waals surface area (Å²) in [5.41, 5.74) is 4.15. The van der Waals surface area contributed by atoms with Crippen molar-refractivity contribution in [3.8, 4) is 11.1 Å². The standard InChI is InChI=1S/C17H20FN/c1-3-10-19-12-16-11-15(8-9-17(16)18)14-6-4-13(2)5-7-14/h4-9,11,19H,3,10,12H2,1-2H3. The van der Waals surface area contributed by atoms with Crippen molar-refractivity contribution in [2.45, 2.75) is 26.8 Å². The van der Waals surface area contributed by atoms with E-state index in [9.17, 15) is 4.39 Å². The molecule has 0 heterocycles. The maximum atomic E-state index is 13.7. The first-order valence-electron chi connectivity index (χ1n) is 6.77. The Morgan fingerprint density at radius 1 is 1.00 bits per heavy atom. The maximum Gasteiger partial charge on any atom is 0.127 e. The second-order valence-corrected chi connectivity index (χ2v) is 4.85. The number of aryl methyl sites for hydroxylation is 1. The predicted octanol–water partition coefficient (Wildman–Crippen LogP) is 4.30. The number of halogens is 1. The maximum absolute atomic E-state index is 13.7. The van der Waals surface area contributed by atoms with Crippen molar-refractivity contribution in [1.82, 2.24) is 5.32 Å². The SMILES string of the molecule is CCCNCc1cc(-c2ccc(C)cc2)ccc1F. The number of hydrogen-bond donors (Lipinski definition) is 1. The van der Waals surface area contributed by atoms with Crippen molar-refractivity contribution < 1.29 is 4.39 Å². The van der Waals surface area contributed by atoms with E-state index >= 15 is 0 Å². The molecular formula is C17H20FN. The fourth-order valence-electron chi connectivity index (χ4n) is 2.04. The summed E-state index contributed by atoms with van der Waals surface area (Å²) in [5, 5.41) is 3.24. The van der Waals surface area contributed by atoms with Crippen LogP contribution in [0.2, 0.25) is 0 Å². The molecule has 0 fully saturated rings. The zero-order chi connectivity index (χ0) is 13.7. The van der Waals surface area contributed by atoms with Gasteiger partial charge in [-0.05, 0) is 43.1 Å². The van der Waals surface area contributed by atoms with Gasteiger partial charge < -0.3 is 5.32 Å².